The topological polar surface area (TPSA) is 75.5 Å². The number of rotatable bonds is 3. The number of pyridine rings is 1. The molecule has 2 aliphatic rings. The van der Waals surface area contributed by atoms with Gasteiger partial charge in [-0.1, -0.05) is 0 Å². The first-order valence-electron chi connectivity index (χ1n) is 10.6. The zero-order chi connectivity index (χ0) is 21.8. The van der Waals surface area contributed by atoms with E-state index in [1.165, 1.54) is 11.3 Å². The van der Waals surface area contributed by atoms with Crippen molar-refractivity contribution in [3.05, 3.63) is 46.7 Å². The lowest BCUT2D eigenvalue weighted by molar-refractivity contribution is 0.0592. The normalized spacial score (nSPS) is 21.7. The maximum Gasteiger partial charge on any atom is 0.266 e. The monoisotopic (exact) mass is 458 g/mol. The first-order valence-corrected chi connectivity index (χ1v) is 13.2. The molecule has 0 aromatic carbocycles. The molecule has 0 N–H and O–H groups in total. The Morgan fingerprint density at radius 1 is 1.13 bits per heavy atom. The van der Waals surface area contributed by atoms with Crippen molar-refractivity contribution in [3.8, 4) is 5.69 Å². The Balaban J connectivity index is 1.43. The predicted molar refractivity (Wildman–Crippen MR) is 123 cm³/mol. The molecule has 0 saturated carbocycles. The van der Waals surface area contributed by atoms with E-state index in [4.69, 9.17) is 4.98 Å². The van der Waals surface area contributed by atoms with Gasteiger partial charge in [-0.25, -0.2) is 13.4 Å². The van der Waals surface area contributed by atoms with Crippen LogP contribution in [-0.4, -0.2) is 77.4 Å². The van der Waals surface area contributed by atoms with Gasteiger partial charge in [0.15, 0.2) is 9.84 Å². The van der Waals surface area contributed by atoms with Crippen molar-refractivity contribution in [2.75, 3.05) is 37.7 Å². The molecule has 0 spiro atoms. The molecule has 7 nitrogen and oxygen atoms in total. The molecule has 1 amide bonds. The number of piperazine rings is 1. The lowest BCUT2D eigenvalue weighted by Crippen LogP contribution is -2.52. The van der Waals surface area contributed by atoms with Crippen molar-refractivity contribution in [2.45, 2.75) is 26.3 Å². The summed E-state index contributed by atoms with van der Waals surface area (Å²) in [6, 6.07) is 6.08. The van der Waals surface area contributed by atoms with Crippen LogP contribution in [0.2, 0.25) is 0 Å². The van der Waals surface area contributed by atoms with Gasteiger partial charge in [-0.2, -0.15) is 0 Å². The summed E-state index contributed by atoms with van der Waals surface area (Å²) >= 11 is 1.46. The van der Waals surface area contributed by atoms with E-state index in [-0.39, 0.29) is 23.5 Å². The summed E-state index contributed by atoms with van der Waals surface area (Å²) < 4.78 is 25.7. The van der Waals surface area contributed by atoms with Crippen LogP contribution in [0.15, 0.2) is 30.6 Å². The molecule has 2 aliphatic heterocycles. The molecule has 2 fully saturated rings. The number of sulfone groups is 1. The van der Waals surface area contributed by atoms with Crippen LogP contribution >= 0.6 is 11.3 Å². The molecule has 0 radical (unpaired) electrons. The van der Waals surface area contributed by atoms with E-state index < -0.39 is 9.84 Å². The third-order valence-corrected chi connectivity index (χ3v) is 9.16. The number of hydrogen-bond donors (Lipinski definition) is 0. The summed E-state index contributed by atoms with van der Waals surface area (Å²) in [6.45, 7) is 6.70. The fraction of sp³-hybridized carbons (Fsp3) is 0.455. The van der Waals surface area contributed by atoms with Crippen LogP contribution in [0, 0.1) is 13.8 Å². The second-order valence-electron chi connectivity index (χ2n) is 8.52. The van der Waals surface area contributed by atoms with Gasteiger partial charge in [0.2, 0.25) is 0 Å². The third-order valence-electron chi connectivity index (χ3n) is 6.35. The molecule has 2 saturated heterocycles. The van der Waals surface area contributed by atoms with Gasteiger partial charge in [-0.05, 0) is 44.0 Å². The van der Waals surface area contributed by atoms with Gasteiger partial charge in [-0.3, -0.25) is 9.69 Å². The Morgan fingerprint density at radius 2 is 1.84 bits per heavy atom. The zero-order valence-electron chi connectivity index (χ0n) is 17.7. The van der Waals surface area contributed by atoms with Crippen LogP contribution < -0.4 is 0 Å². The number of hydrogen-bond acceptors (Lipinski definition) is 6. The molecule has 164 valence electrons. The highest BCUT2D eigenvalue weighted by Gasteiger charge is 2.35. The Labute approximate surface area is 186 Å². The molecular weight excluding hydrogens is 432 g/mol. The molecule has 5 rings (SSSR count). The highest BCUT2D eigenvalue weighted by Crippen LogP contribution is 2.36. The van der Waals surface area contributed by atoms with E-state index in [1.807, 2.05) is 40.9 Å². The van der Waals surface area contributed by atoms with Gasteiger partial charge in [0, 0.05) is 55.7 Å². The van der Waals surface area contributed by atoms with Crippen LogP contribution in [-0.2, 0) is 9.84 Å². The minimum atomic E-state index is -2.90. The van der Waals surface area contributed by atoms with Crippen LogP contribution in [0.25, 0.3) is 15.9 Å². The Bertz CT molecular complexity index is 1240. The fourth-order valence-corrected chi connectivity index (χ4v) is 7.82. The second-order valence-corrected chi connectivity index (χ2v) is 11.7. The summed E-state index contributed by atoms with van der Waals surface area (Å²) in [4.78, 5) is 24.0. The highest BCUT2D eigenvalue weighted by atomic mass is 32.2. The standard InChI is InChI=1S/C22H26N4O3S2/c1-15-13-16(2)23-21-18(15)19(25-6-3-4-7-25)20(30-21)22(27)26-10-8-24(9-11-26)17-5-12-31(28,29)14-17/h3-4,6-7,13,17H,5,8-12,14H2,1-2H3/t17-/m1/s1. The van der Waals surface area contributed by atoms with E-state index in [1.54, 1.807) is 0 Å². The smallest absolute Gasteiger partial charge is 0.266 e. The van der Waals surface area contributed by atoms with Crippen molar-refractivity contribution in [3.63, 3.8) is 0 Å². The number of thiophene rings is 1. The highest BCUT2D eigenvalue weighted by molar-refractivity contribution is 7.91. The van der Waals surface area contributed by atoms with Crippen LogP contribution in [0.4, 0.5) is 0 Å². The Kier molecular flexibility index (Phi) is 5.15. The average molecular weight is 459 g/mol. The van der Waals surface area contributed by atoms with Crippen LogP contribution in [0.3, 0.4) is 0 Å². The minimum absolute atomic E-state index is 0.0300. The number of aryl methyl sites for hydroxylation is 2. The maximum absolute atomic E-state index is 13.6. The molecule has 31 heavy (non-hydrogen) atoms. The summed E-state index contributed by atoms with van der Waals surface area (Å²) in [5, 5.41) is 1.03. The Morgan fingerprint density at radius 3 is 2.48 bits per heavy atom. The van der Waals surface area contributed by atoms with Gasteiger partial charge in [0.25, 0.3) is 5.91 Å². The Hall–Kier alpha value is -2.23. The molecule has 0 aliphatic carbocycles. The van der Waals surface area contributed by atoms with E-state index in [0.29, 0.717) is 37.5 Å². The predicted octanol–water partition coefficient (Wildman–Crippen LogP) is 2.65. The lowest BCUT2D eigenvalue weighted by Gasteiger charge is -2.37. The molecule has 0 unspecified atom stereocenters. The van der Waals surface area contributed by atoms with Gasteiger partial charge < -0.3 is 9.47 Å². The van der Waals surface area contributed by atoms with Crippen molar-refractivity contribution >= 4 is 37.3 Å². The molecule has 1 atom stereocenters. The largest absolute Gasteiger partial charge is 0.335 e. The van der Waals surface area contributed by atoms with Gasteiger partial charge in [0.05, 0.1) is 17.2 Å². The zero-order valence-corrected chi connectivity index (χ0v) is 19.4. The van der Waals surface area contributed by atoms with Crippen molar-refractivity contribution < 1.29 is 13.2 Å². The van der Waals surface area contributed by atoms with Crippen molar-refractivity contribution in [1.82, 2.24) is 19.4 Å². The van der Waals surface area contributed by atoms with Crippen LogP contribution in [0.5, 0.6) is 0 Å². The lowest BCUT2D eigenvalue weighted by atomic mass is 10.1. The molecule has 9 heteroatoms. The number of amides is 1. The minimum Gasteiger partial charge on any atom is -0.335 e. The van der Waals surface area contributed by atoms with Gasteiger partial charge in [-0.15, -0.1) is 11.3 Å². The van der Waals surface area contributed by atoms with Gasteiger partial charge >= 0.3 is 0 Å². The first kappa shape index (κ1) is 20.7. The molecule has 5 heterocycles. The quantitative estimate of drug-likeness (QED) is 0.603. The van der Waals surface area contributed by atoms with E-state index in [2.05, 4.69) is 17.9 Å². The summed E-state index contributed by atoms with van der Waals surface area (Å²) in [6.07, 6.45) is 4.64. The molecule has 3 aromatic rings. The molecular formula is C22H26N4O3S2. The SMILES string of the molecule is Cc1cc(C)c2c(-n3cccc3)c(C(=O)N3CCN([C@@H]4CCS(=O)(=O)C4)CC3)sc2n1. The number of aromatic nitrogens is 2. The van der Waals surface area contributed by atoms with Gasteiger partial charge in [0.1, 0.15) is 9.71 Å². The third kappa shape index (κ3) is 3.79. The summed E-state index contributed by atoms with van der Waals surface area (Å²) in [5.41, 5.74) is 2.97. The number of carbonyl (C=O) groups is 1. The van der Waals surface area contributed by atoms with E-state index in [9.17, 15) is 13.2 Å². The van der Waals surface area contributed by atoms with Crippen molar-refractivity contribution in [2.24, 2.45) is 0 Å². The maximum atomic E-state index is 13.6. The second kappa shape index (κ2) is 7.72. The molecule has 3 aromatic heterocycles. The average Bonchev–Trinajstić information content (AvgIpc) is 3.45. The summed E-state index contributed by atoms with van der Waals surface area (Å²) in [5.74, 6) is 0.562. The molecule has 0 bridgehead atoms. The summed E-state index contributed by atoms with van der Waals surface area (Å²) in [7, 11) is -2.90. The van der Waals surface area contributed by atoms with Crippen LogP contribution in [0.1, 0.15) is 27.3 Å². The van der Waals surface area contributed by atoms with E-state index in [0.717, 1.165) is 27.2 Å². The van der Waals surface area contributed by atoms with Crippen molar-refractivity contribution in [1.29, 1.82) is 0 Å². The van der Waals surface area contributed by atoms with E-state index >= 15 is 0 Å². The fourth-order valence-electron chi connectivity index (χ4n) is 4.79. The number of carbonyl (C=O) groups excluding carboxylic acids is 1. The number of fused-ring (bicyclic) bond motifs is 1. The number of nitrogens with zero attached hydrogens (tertiary/aromatic N) is 4. The first-order chi connectivity index (χ1) is 14.8.